The highest BCUT2D eigenvalue weighted by atomic mass is 35.7. The molecule has 6 aliphatic rings. The normalized spacial score (nSPS) is 18.0. The van der Waals surface area contributed by atoms with Gasteiger partial charge in [0.05, 0.1) is 54.0 Å². The summed E-state index contributed by atoms with van der Waals surface area (Å²) in [5.41, 5.74) is 1.46. The second-order valence-electron chi connectivity index (χ2n) is 23.0. The highest BCUT2D eigenvalue weighted by molar-refractivity contribution is 8.11. The lowest BCUT2D eigenvalue weighted by atomic mass is 10.2. The van der Waals surface area contributed by atoms with Crippen LogP contribution in [0, 0.1) is 17.5 Å². The molecule has 3 aliphatic heterocycles. The van der Waals surface area contributed by atoms with E-state index in [1.807, 2.05) is 9.80 Å². The minimum atomic E-state index is -3.97. The summed E-state index contributed by atoms with van der Waals surface area (Å²) in [7, 11) is -2.32. The van der Waals surface area contributed by atoms with Gasteiger partial charge in [0.1, 0.15) is 40.3 Å². The van der Waals surface area contributed by atoms with Crippen LogP contribution in [-0.4, -0.2) is 152 Å². The summed E-state index contributed by atoms with van der Waals surface area (Å²) in [4.78, 5) is 45.7. The minimum absolute atomic E-state index is 0.0627. The van der Waals surface area contributed by atoms with E-state index >= 15 is 0 Å². The van der Waals surface area contributed by atoms with E-state index in [9.17, 15) is 44.4 Å². The molecule has 0 unspecified atom stereocenters. The van der Waals surface area contributed by atoms with Crippen molar-refractivity contribution in [2.75, 3.05) is 93.2 Å². The Morgan fingerprint density at radius 3 is 1.11 bits per heavy atom. The predicted molar refractivity (Wildman–Crippen MR) is 341 cm³/mol. The molecule has 3 aliphatic carbocycles. The molecule has 0 atom stereocenters. The van der Waals surface area contributed by atoms with Gasteiger partial charge in [-0.1, -0.05) is 36.4 Å². The Bertz CT molecular complexity index is 4100. The number of piperazine rings is 3. The van der Waals surface area contributed by atoms with Gasteiger partial charge in [-0.05, 0) is 144 Å². The van der Waals surface area contributed by atoms with E-state index in [0.29, 0.717) is 60.4 Å². The quantitative estimate of drug-likeness (QED) is 0.0919. The number of nitrogens with zero attached hydrogens (tertiary/aromatic N) is 11. The van der Waals surface area contributed by atoms with Crippen LogP contribution in [0.1, 0.15) is 77.0 Å². The molecular formula is C63H72ClF3N12O11S2. The molecule has 6 heterocycles. The third kappa shape index (κ3) is 16.1. The summed E-state index contributed by atoms with van der Waals surface area (Å²) in [6.07, 6.45) is 16.3. The molecule has 0 radical (unpaired) electrons. The smallest absolute Gasteiger partial charge is 0.385 e. The van der Waals surface area contributed by atoms with E-state index in [4.69, 9.17) is 29.1 Å². The number of nitrogens with one attached hydrogen (secondary N) is 1. The van der Waals surface area contributed by atoms with Gasteiger partial charge in [0.25, 0.3) is 9.24 Å². The lowest BCUT2D eigenvalue weighted by Gasteiger charge is -2.35. The molecule has 23 nitrogen and oxygen atoms in total. The fraction of sp³-hybridized carbons (Fsp3) is 0.429. The van der Waals surface area contributed by atoms with E-state index in [0.717, 1.165) is 118 Å². The predicted octanol–water partition coefficient (Wildman–Crippen LogP) is 7.54. The molecular weight excluding hydrogens is 1260 g/mol. The molecule has 4 aromatic carbocycles. The maximum Gasteiger partial charge on any atom is 0.385 e. The molecule has 13 rings (SSSR count). The second-order valence-corrected chi connectivity index (χ2v) is 27.1. The van der Waals surface area contributed by atoms with Crippen molar-refractivity contribution in [1.29, 1.82) is 0 Å². The first-order valence-corrected chi connectivity index (χ1v) is 34.6. The summed E-state index contributed by atoms with van der Waals surface area (Å²) in [5.74, 6) is -0.460. The molecule has 0 spiro atoms. The molecule has 0 bridgehead atoms. The molecule has 490 valence electrons. The van der Waals surface area contributed by atoms with Crippen LogP contribution in [0.25, 0.3) is 17.1 Å². The maximum atomic E-state index is 13.8. The molecule has 6 fully saturated rings. The molecule has 1 N–H and O–H groups in total. The van der Waals surface area contributed by atoms with Gasteiger partial charge in [-0.15, -0.1) is 0 Å². The first kappa shape index (κ1) is 65.5. The number of para-hydroxylation sites is 1. The van der Waals surface area contributed by atoms with Crippen molar-refractivity contribution in [2.24, 2.45) is 0 Å². The van der Waals surface area contributed by atoms with Crippen LogP contribution < -0.4 is 55.1 Å². The highest BCUT2D eigenvalue weighted by Gasteiger charge is 2.34. The molecule has 7 aromatic rings. The zero-order valence-electron chi connectivity index (χ0n) is 50.5. The minimum Gasteiger partial charge on any atom is -0.483 e. The number of halogens is 4. The lowest BCUT2D eigenvalue weighted by Crippen LogP contribution is -2.50. The van der Waals surface area contributed by atoms with E-state index < -0.39 is 48.1 Å². The molecule has 3 saturated carbocycles. The average molecular weight is 1330 g/mol. The van der Waals surface area contributed by atoms with Crippen molar-refractivity contribution in [3.8, 4) is 40.1 Å². The first-order valence-electron chi connectivity index (χ1n) is 31.0. The van der Waals surface area contributed by atoms with Crippen molar-refractivity contribution in [1.82, 2.24) is 43.3 Å². The SMILES string of the molecule is O=c1c(OC2CCCC2)c(N2CCN(S(=O)(=O)Cl)CC2)cnn1-c1cccc(F)c1.O=c1c(OC2CCCC2)c(N2CCN(S(=O)(=O)Oc3ccccc3)CC2)cnn1-c1cccc(F)c1.O=c1c(OC2CCCC2)c(N2CCNCC2)cnn1-c1cccc(F)c1. The standard InChI is InChI=1S/C25H27FN4O5S.C19H22ClFN4O4S.C19H23FN4O2/c26-19-7-6-8-20(17-19)30-25(31)24(34-21-9-4-5-10-21)23(18-27-30)28-13-15-29(16-14-28)36(32,33)35-22-11-2-1-3-12-22;20-30(27,28)24-10-8-23(9-11-24)17-13-22-25(15-5-3-4-14(21)12-15)19(26)18(17)29-16-6-1-2-7-16;20-14-4-3-5-15(12-14)24-19(25)18(26-16-6-1-2-7-16)17(13-22-24)23-10-8-21-9-11-23/h1-3,6-8,11-12,17-18,21H,4-5,9-10,13-16H2;3-5,12-13,16H,1-2,6-11H2;3-5,12-13,16,21H,1-2,6-11H2. The van der Waals surface area contributed by atoms with Crippen LogP contribution >= 0.6 is 10.7 Å². The topological polar surface area (TPSA) is 238 Å². The zero-order valence-corrected chi connectivity index (χ0v) is 52.9. The number of hydrogen-bond acceptors (Lipinski definition) is 18. The summed E-state index contributed by atoms with van der Waals surface area (Å²) in [6, 6.07) is 25.5. The average Bonchev–Trinajstić information content (AvgIpc) is 0.882. The van der Waals surface area contributed by atoms with Crippen LogP contribution in [0.3, 0.4) is 0 Å². The van der Waals surface area contributed by atoms with Crippen molar-refractivity contribution in [3.05, 3.63) is 170 Å². The van der Waals surface area contributed by atoms with Crippen LogP contribution in [0.2, 0.25) is 0 Å². The van der Waals surface area contributed by atoms with Gasteiger partial charge in [-0.3, -0.25) is 14.4 Å². The van der Waals surface area contributed by atoms with Gasteiger partial charge in [-0.25, -0.2) is 13.2 Å². The number of benzene rings is 4. The molecule has 3 saturated heterocycles. The molecule has 92 heavy (non-hydrogen) atoms. The Morgan fingerprint density at radius 2 is 0.772 bits per heavy atom. The molecule has 3 aromatic heterocycles. The van der Waals surface area contributed by atoms with Crippen LogP contribution in [-0.2, 0) is 19.5 Å². The molecule has 0 amide bonds. The largest absolute Gasteiger partial charge is 0.483 e. The Labute approximate surface area is 535 Å². The van der Waals surface area contributed by atoms with Crippen LogP contribution in [0.15, 0.2) is 136 Å². The fourth-order valence-electron chi connectivity index (χ4n) is 12.0. The Balaban J connectivity index is 0.000000143. The molecule has 29 heteroatoms. The Hall–Kier alpha value is -8.02. The first-order chi connectivity index (χ1) is 44.4. The highest BCUT2D eigenvalue weighted by Crippen LogP contribution is 2.34. The van der Waals surface area contributed by atoms with Gasteiger partial charge in [0.15, 0.2) is 0 Å². The van der Waals surface area contributed by atoms with Gasteiger partial charge < -0.3 is 38.4 Å². The maximum absolute atomic E-state index is 13.8. The van der Waals surface area contributed by atoms with Crippen LogP contribution in [0.5, 0.6) is 23.0 Å². The summed E-state index contributed by atoms with van der Waals surface area (Å²) in [6.45, 7) is 5.38. The summed E-state index contributed by atoms with van der Waals surface area (Å²) in [5, 5.41) is 16.1. The van der Waals surface area contributed by atoms with Gasteiger partial charge >= 0.3 is 27.0 Å². The van der Waals surface area contributed by atoms with E-state index in [1.165, 1.54) is 74.2 Å². The van der Waals surface area contributed by atoms with Crippen molar-refractivity contribution < 1.29 is 48.4 Å². The van der Waals surface area contributed by atoms with Crippen molar-refractivity contribution in [3.63, 3.8) is 0 Å². The number of aromatic nitrogens is 6. The van der Waals surface area contributed by atoms with E-state index in [2.05, 4.69) is 25.5 Å². The number of anilines is 3. The fourth-order valence-corrected chi connectivity index (χ4v) is 14.1. The van der Waals surface area contributed by atoms with Crippen molar-refractivity contribution >= 4 is 47.3 Å². The number of hydrogen-bond donors (Lipinski definition) is 1. The van der Waals surface area contributed by atoms with E-state index in [1.54, 1.807) is 60.8 Å². The summed E-state index contributed by atoms with van der Waals surface area (Å²) >= 11 is 0. The van der Waals surface area contributed by atoms with E-state index in [-0.39, 0.29) is 67.3 Å². The third-order valence-corrected chi connectivity index (χ3v) is 19.8. The number of rotatable bonds is 16. The summed E-state index contributed by atoms with van der Waals surface area (Å²) < 4.78 is 119. The van der Waals surface area contributed by atoms with Crippen molar-refractivity contribution in [2.45, 2.75) is 95.4 Å². The Morgan fingerprint density at radius 1 is 0.435 bits per heavy atom. The monoisotopic (exact) mass is 1330 g/mol. The van der Waals surface area contributed by atoms with Gasteiger partial charge in [0, 0.05) is 89.2 Å². The van der Waals surface area contributed by atoms with Crippen LogP contribution in [0.4, 0.5) is 30.2 Å². The zero-order chi connectivity index (χ0) is 64.4. The second kappa shape index (κ2) is 29.7. The van der Waals surface area contributed by atoms with Gasteiger partial charge in [0.2, 0.25) is 17.2 Å². The van der Waals surface area contributed by atoms with Gasteiger partial charge in [-0.2, -0.15) is 54.8 Å². The number of ether oxygens (including phenoxy) is 3. The lowest BCUT2D eigenvalue weighted by molar-refractivity contribution is 0.205. The Kier molecular flexibility index (Phi) is 21.2. The third-order valence-electron chi connectivity index (χ3n) is 16.8.